The van der Waals surface area contributed by atoms with Gasteiger partial charge in [0.1, 0.15) is 0 Å². The van der Waals surface area contributed by atoms with Gasteiger partial charge in [-0.3, -0.25) is 9.35 Å². The molecule has 0 aromatic rings. The molecule has 0 bridgehead atoms. The molecular formula is C7H11F2NO4S. The van der Waals surface area contributed by atoms with Crippen LogP contribution in [0.4, 0.5) is 8.78 Å². The van der Waals surface area contributed by atoms with Crippen molar-refractivity contribution in [3.8, 4) is 0 Å². The molecule has 88 valence electrons. The van der Waals surface area contributed by atoms with E-state index in [4.69, 9.17) is 4.55 Å². The summed E-state index contributed by atoms with van der Waals surface area (Å²) in [4.78, 5) is 10.9. The lowest BCUT2D eigenvalue weighted by molar-refractivity contribution is -0.136. The lowest BCUT2D eigenvalue weighted by atomic mass is 10.2. The predicted molar refractivity (Wildman–Crippen MR) is 46.9 cm³/mol. The second kappa shape index (κ2) is 4.01. The number of hydrogen-bond donors (Lipinski definition) is 2. The maximum absolute atomic E-state index is 12.7. The molecule has 0 heterocycles. The van der Waals surface area contributed by atoms with Gasteiger partial charge in [0.25, 0.3) is 0 Å². The van der Waals surface area contributed by atoms with E-state index in [1.165, 1.54) is 0 Å². The molecule has 0 aliphatic heterocycles. The molecule has 1 amide bonds. The summed E-state index contributed by atoms with van der Waals surface area (Å²) in [5.41, 5.74) is 0. The Morgan fingerprint density at radius 3 is 2.20 bits per heavy atom. The van der Waals surface area contributed by atoms with Crippen molar-refractivity contribution in [3.05, 3.63) is 0 Å². The highest BCUT2D eigenvalue weighted by Crippen LogP contribution is 2.23. The van der Waals surface area contributed by atoms with E-state index in [9.17, 15) is 22.0 Å². The Balaban J connectivity index is 2.67. The molecule has 0 unspecified atom stereocenters. The van der Waals surface area contributed by atoms with Crippen LogP contribution in [0.15, 0.2) is 0 Å². The van der Waals surface area contributed by atoms with Gasteiger partial charge in [-0.1, -0.05) is 12.8 Å². The summed E-state index contributed by atoms with van der Waals surface area (Å²) in [5, 5.41) is -2.87. The van der Waals surface area contributed by atoms with E-state index in [0.29, 0.717) is 12.8 Å². The number of alkyl halides is 2. The van der Waals surface area contributed by atoms with Crippen molar-refractivity contribution < 1.29 is 26.5 Å². The summed E-state index contributed by atoms with van der Waals surface area (Å²) in [5.74, 6) is -1.96. The van der Waals surface area contributed by atoms with Gasteiger partial charge in [0.2, 0.25) is 0 Å². The zero-order valence-corrected chi connectivity index (χ0v) is 8.56. The van der Waals surface area contributed by atoms with Gasteiger partial charge < -0.3 is 5.32 Å². The number of carbonyl (C=O) groups is 1. The largest absolute Gasteiger partial charge is 0.446 e. The first kappa shape index (κ1) is 12.3. The fourth-order valence-electron chi connectivity index (χ4n) is 1.46. The van der Waals surface area contributed by atoms with E-state index in [0.717, 1.165) is 12.8 Å². The van der Waals surface area contributed by atoms with Crippen LogP contribution in [0.2, 0.25) is 0 Å². The van der Waals surface area contributed by atoms with Crippen molar-refractivity contribution in [3.63, 3.8) is 0 Å². The van der Waals surface area contributed by atoms with Gasteiger partial charge in [0, 0.05) is 6.04 Å². The number of rotatable bonds is 3. The molecular weight excluding hydrogens is 232 g/mol. The molecule has 1 saturated carbocycles. The Kier molecular flexibility index (Phi) is 3.29. The van der Waals surface area contributed by atoms with Gasteiger partial charge in [-0.15, -0.1) is 0 Å². The first-order chi connectivity index (χ1) is 6.75. The highest BCUT2D eigenvalue weighted by molar-refractivity contribution is 7.87. The van der Waals surface area contributed by atoms with E-state index in [1.807, 2.05) is 5.32 Å². The average molecular weight is 243 g/mol. The van der Waals surface area contributed by atoms with Gasteiger partial charge in [-0.05, 0) is 12.8 Å². The van der Waals surface area contributed by atoms with Gasteiger partial charge in [-0.25, -0.2) is 0 Å². The zero-order chi connectivity index (χ0) is 11.7. The van der Waals surface area contributed by atoms with E-state index in [1.54, 1.807) is 0 Å². The SMILES string of the molecule is O=C(NC1CCCC1)C(F)(F)S(=O)(=O)O. The highest BCUT2D eigenvalue weighted by Gasteiger charge is 2.52. The summed E-state index contributed by atoms with van der Waals surface area (Å²) < 4.78 is 54.0. The minimum Gasteiger partial charge on any atom is -0.347 e. The second-order valence-corrected chi connectivity index (χ2v) is 4.91. The predicted octanol–water partition coefficient (Wildman–Crippen LogP) is 0.526. The summed E-state index contributed by atoms with van der Waals surface area (Å²) in [6.45, 7) is 0. The van der Waals surface area contributed by atoms with Gasteiger partial charge in [0.05, 0.1) is 0 Å². The highest BCUT2D eigenvalue weighted by atomic mass is 32.2. The van der Waals surface area contributed by atoms with E-state index in [-0.39, 0.29) is 0 Å². The molecule has 2 N–H and O–H groups in total. The molecule has 1 rings (SSSR count). The molecule has 8 heteroatoms. The van der Waals surface area contributed by atoms with E-state index in [2.05, 4.69) is 0 Å². The topological polar surface area (TPSA) is 83.5 Å². The van der Waals surface area contributed by atoms with Crippen molar-refractivity contribution in [1.82, 2.24) is 5.32 Å². The molecule has 1 fully saturated rings. The summed E-state index contributed by atoms with van der Waals surface area (Å²) in [6, 6.07) is -0.426. The van der Waals surface area contributed by atoms with Crippen LogP contribution in [0, 0.1) is 0 Å². The number of nitrogens with one attached hydrogen (secondary N) is 1. The Bertz CT molecular complexity index is 348. The molecule has 15 heavy (non-hydrogen) atoms. The Labute approximate surface area is 85.6 Å². The fraction of sp³-hybridized carbons (Fsp3) is 0.857. The van der Waals surface area contributed by atoms with Crippen LogP contribution in [0.25, 0.3) is 0 Å². The van der Waals surface area contributed by atoms with Crippen molar-refractivity contribution in [2.24, 2.45) is 0 Å². The Morgan fingerprint density at radius 2 is 1.80 bits per heavy atom. The maximum atomic E-state index is 12.7. The monoisotopic (exact) mass is 243 g/mol. The van der Waals surface area contributed by atoms with Crippen molar-refractivity contribution in [1.29, 1.82) is 0 Å². The van der Waals surface area contributed by atoms with E-state index >= 15 is 0 Å². The third kappa shape index (κ3) is 2.63. The minimum absolute atomic E-state index is 0.426. The quantitative estimate of drug-likeness (QED) is 0.708. The zero-order valence-electron chi connectivity index (χ0n) is 7.74. The van der Waals surface area contributed by atoms with Crippen LogP contribution in [-0.2, 0) is 14.9 Å². The molecule has 0 radical (unpaired) electrons. The third-order valence-corrected chi connectivity index (χ3v) is 3.11. The fourth-order valence-corrected chi connectivity index (χ4v) is 1.75. The van der Waals surface area contributed by atoms with Crippen LogP contribution in [-0.4, -0.2) is 30.2 Å². The summed E-state index contributed by atoms with van der Waals surface area (Å²) >= 11 is 0. The standard InChI is InChI=1S/C7H11F2NO4S/c8-7(9,15(12,13)14)6(11)10-5-3-1-2-4-5/h5H,1-4H2,(H,10,11)(H,12,13,14). The lowest BCUT2D eigenvalue weighted by Gasteiger charge is -2.16. The van der Waals surface area contributed by atoms with Crippen molar-refractivity contribution >= 4 is 16.0 Å². The molecule has 0 aromatic heterocycles. The van der Waals surface area contributed by atoms with Gasteiger partial charge >= 0.3 is 21.3 Å². The molecule has 1 aliphatic rings. The number of hydrogen-bond acceptors (Lipinski definition) is 3. The van der Waals surface area contributed by atoms with Crippen LogP contribution >= 0.6 is 0 Å². The lowest BCUT2D eigenvalue weighted by Crippen LogP contribution is -2.48. The molecule has 0 aromatic carbocycles. The number of amides is 1. The average Bonchev–Trinajstić information content (AvgIpc) is 2.54. The normalized spacial score (nSPS) is 19.1. The van der Waals surface area contributed by atoms with E-state index < -0.39 is 27.3 Å². The smallest absolute Gasteiger partial charge is 0.347 e. The number of halogens is 2. The molecule has 1 aliphatic carbocycles. The Hall–Kier alpha value is -0.760. The molecule has 0 saturated heterocycles. The second-order valence-electron chi connectivity index (χ2n) is 3.45. The maximum Gasteiger partial charge on any atom is 0.446 e. The molecule has 0 atom stereocenters. The van der Waals surface area contributed by atoms with Gasteiger partial charge in [0.15, 0.2) is 0 Å². The van der Waals surface area contributed by atoms with Crippen LogP contribution in [0.5, 0.6) is 0 Å². The van der Waals surface area contributed by atoms with Crippen molar-refractivity contribution in [2.75, 3.05) is 0 Å². The first-order valence-corrected chi connectivity index (χ1v) is 5.85. The van der Waals surface area contributed by atoms with Crippen LogP contribution < -0.4 is 5.32 Å². The number of carbonyl (C=O) groups excluding carboxylic acids is 1. The molecule has 0 spiro atoms. The van der Waals surface area contributed by atoms with Crippen LogP contribution in [0.1, 0.15) is 25.7 Å². The first-order valence-electron chi connectivity index (χ1n) is 4.41. The summed E-state index contributed by atoms with van der Waals surface area (Å²) in [7, 11) is -5.69. The Morgan fingerprint density at radius 1 is 1.33 bits per heavy atom. The van der Waals surface area contributed by atoms with Gasteiger partial charge in [-0.2, -0.15) is 17.2 Å². The summed E-state index contributed by atoms with van der Waals surface area (Å²) in [6.07, 6.45) is 2.71. The van der Waals surface area contributed by atoms with Crippen molar-refractivity contribution in [2.45, 2.75) is 37.0 Å². The third-order valence-electron chi connectivity index (χ3n) is 2.28. The minimum atomic E-state index is -5.69. The van der Waals surface area contributed by atoms with Crippen LogP contribution in [0.3, 0.4) is 0 Å². The molecule has 5 nitrogen and oxygen atoms in total.